The standard InChI is InChI=1S/C18H15Cl2NO3S2/c1-23-8-2-7-21-17(22)16(26-18(21)25)10-12-4-6-15(24-12)13-9-11(19)3-5-14(13)20/h3-6,9-10H,2,7-8H2,1H3/b16-10+. The fraction of sp³-hybridized carbons (Fsp3) is 0.222. The van der Waals surface area contributed by atoms with Crippen molar-refractivity contribution in [2.24, 2.45) is 0 Å². The molecule has 2 aromatic rings. The second-order valence-corrected chi connectivity index (χ2v) is 8.03. The summed E-state index contributed by atoms with van der Waals surface area (Å²) in [6.45, 7) is 1.12. The summed E-state index contributed by atoms with van der Waals surface area (Å²) in [5, 5.41) is 1.11. The summed E-state index contributed by atoms with van der Waals surface area (Å²) in [6.07, 6.45) is 2.42. The Balaban J connectivity index is 1.79. The number of rotatable bonds is 6. The average Bonchev–Trinajstić information content (AvgIpc) is 3.17. The molecule has 1 aliphatic rings. The first-order chi connectivity index (χ1) is 12.5. The first-order valence-electron chi connectivity index (χ1n) is 7.79. The van der Waals surface area contributed by atoms with Crippen molar-refractivity contribution in [1.29, 1.82) is 0 Å². The quantitative estimate of drug-likeness (QED) is 0.346. The molecule has 26 heavy (non-hydrogen) atoms. The summed E-state index contributed by atoms with van der Waals surface area (Å²) in [5.41, 5.74) is 0.700. The van der Waals surface area contributed by atoms with Crippen LogP contribution in [-0.4, -0.2) is 35.4 Å². The van der Waals surface area contributed by atoms with Gasteiger partial charge in [-0.05, 0) is 36.8 Å². The van der Waals surface area contributed by atoms with Crippen LogP contribution in [0.25, 0.3) is 17.4 Å². The largest absolute Gasteiger partial charge is 0.457 e. The second kappa shape index (κ2) is 8.59. The molecule has 1 aliphatic heterocycles. The van der Waals surface area contributed by atoms with E-state index in [0.29, 0.717) is 49.5 Å². The van der Waals surface area contributed by atoms with E-state index < -0.39 is 0 Å². The number of amides is 1. The smallest absolute Gasteiger partial charge is 0.266 e. The number of furan rings is 1. The third-order valence-corrected chi connectivity index (χ3v) is 5.64. The minimum Gasteiger partial charge on any atom is -0.457 e. The lowest BCUT2D eigenvalue weighted by Gasteiger charge is -2.13. The van der Waals surface area contributed by atoms with E-state index in [2.05, 4.69) is 0 Å². The Hall–Kier alpha value is -1.31. The lowest BCUT2D eigenvalue weighted by molar-refractivity contribution is -0.122. The highest BCUT2D eigenvalue weighted by Crippen LogP contribution is 2.35. The van der Waals surface area contributed by atoms with Crippen molar-refractivity contribution in [1.82, 2.24) is 4.90 Å². The van der Waals surface area contributed by atoms with Crippen molar-refractivity contribution in [3.05, 3.63) is 51.0 Å². The number of methoxy groups -OCH3 is 1. The maximum Gasteiger partial charge on any atom is 0.266 e. The zero-order chi connectivity index (χ0) is 18.7. The van der Waals surface area contributed by atoms with Crippen LogP contribution in [0.4, 0.5) is 0 Å². The van der Waals surface area contributed by atoms with Crippen molar-refractivity contribution >= 4 is 63.5 Å². The maximum atomic E-state index is 12.5. The van der Waals surface area contributed by atoms with Crippen LogP contribution in [0.3, 0.4) is 0 Å². The Morgan fingerprint density at radius 2 is 2.12 bits per heavy atom. The molecule has 4 nitrogen and oxygen atoms in total. The van der Waals surface area contributed by atoms with E-state index >= 15 is 0 Å². The van der Waals surface area contributed by atoms with Gasteiger partial charge in [0.2, 0.25) is 0 Å². The van der Waals surface area contributed by atoms with Gasteiger partial charge in [-0.15, -0.1) is 0 Å². The molecule has 0 aliphatic carbocycles. The van der Waals surface area contributed by atoms with Crippen LogP contribution in [-0.2, 0) is 9.53 Å². The zero-order valence-electron chi connectivity index (χ0n) is 13.8. The van der Waals surface area contributed by atoms with E-state index in [9.17, 15) is 4.79 Å². The molecule has 0 bridgehead atoms. The van der Waals surface area contributed by atoms with Gasteiger partial charge in [0.05, 0.1) is 9.93 Å². The minimum absolute atomic E-state index is 0.116. The van der Waals surface area contributed by atoms with Crippen LogP contribution in [0, 0.1) is 0 Å². The Bertz CT molecular complexity index is 879. The van der Waals surface area contributed by atoms with Crippen LogP contribution < -0.4 is 0 Å². The van der Waals surface area contributed by atoms with Crippen molar-refractivity contribution < 1.29 is 13.9 Å². The topological polar surface area (TPSA) is 42.7 Å². The minimum atomic E-state index is -0.116. The van der Waals surface area contributed by atoms with Gasteiger partial charge >= 0.3 is 0 Å². The van der Waals surface area contributed by atoms with Crippen LogP contribution >= 0.6 is 47.2 Å². The van der Waals surface area contributed by atoms with E-state index in [4.69, 9.17) is 44.6 Å². The van der Waals surface area contributed by atoms with E-state index in [0.717, 1.165) is 6.42 Å². The van der Waals surface area contributed by atoms with Gasteiger partial charge in [0.15, 0.2) is 0 Å². The number of carbonyl (C=O) groups is 1. The van der Waals surface area contributed by atoms with Crippen molar-refractivity contribution in [2.75, 3.05) is 20.3 Å². The number of thioether (sulfide) groups is 1. The number of benzene rings is 1. The highest BCUT2D eigenvalue weighted by molar-refractivity contribution is 8.26. The van der Waals surface area contributed by atoms with E-state index in [1.54, 1.807) is 48.4 Å². The number of nitrogens with zero attached hydrogens (tertiary/aromatic N) is 1. The summed E-state index contributed by atoms with van der Waals surface area (Å²) in [7, 11) is 1.63. The van der Waals surface area contributed by atoms with Gasteiger partial charge in [-0.3, -0.25) is 9.69 Å². The number of ether oxygens (including phenoxy) is 1. The van der Waals surface area contributed by atoms with Crippen molar-refractivity contribution in [3.8, 4) is 11.3 Å². The molecule has 0 spiro atoms. The summed E-state index contributed by atoms with van der Waals surface area (Å²) < 4.78 is 11.4. The molecule has 136 valence electrons. The molecule has 3 rings (SSSR count). The monoisotopic (exact) mass is 427 g/mol. The third-order valence-electron chi connectivity index (χ3n) is 3.70. The summed E-state index contributed by atoms with van der Waals surface area (Å²) >= 11 is 18.8. The van der Waals surface area contributed by atoms with Gasteiger partial charge in [0, 0.05) is 36.9 Å². The van der Waals surface area contributed by atoms with E-state index in [1.807, 2.05) is 0 Å². The Labute approximate surface area is 171 Å². The molecular weight excluding hydrogens is 413 g/mol. The normalized spacial score (nSPS) is 16.1. The number of hydrogen-bond acceptors (Lipinski definition) is 5. The SMILES string of the molecule is COCCCN1C(=O)/C(=C\c2ccc(-c3cc(Cl)ccc3Cl)o2)SC1=S. The molecule has 0 saturated carbocycles. The lowest BCUT2D eigenvalue weighted by Crippen LogP contribution is -2.29. The molecule has 0 N–H and O–H groups in total. The fourth-order valence-corrected chi connectivity index (χ4v) is 4.12. The van der Waals surface area contributed by atoms with E-state index in [1.165, 1.54) is 11.8 Å². The Morgan fingerprint density at radius 3 is 2.88 bits per heavy atom. The Morgan fingerprint density at radius 1 is 1.31 bits per heavy atom. The molecular formula is C18H15Cl2NO3S2. The summed E-state index contributed by atoms with van der Waals surface area (Å²) in [5.74, 6) is 1.02. The van der Waals surface area contributed by atoms with Crippen molar-refractivity contribution in [3.63, 3.8) is 0 Å². The number of carbonyl (C=O) groups excluding carboxylic acids is 1. The molecule has 0 unspecified atom stereocenters. The predicted molar refractivity (Wildman–Crippen MR) is 111 cm³/mol. The first-order valence-corrected chi connectivity index (χ1v) is 9.77. The molecule has 1 amide bonds. The average molecular weight is 428 g/mol. The van der Waals surface area contributed by atoms with Crippen LogP contribution in [0.2, 0.25) is 10.0 Å². The zero-order valence-corrected chi connectivity index (χ0v) is 17.0. The number of thiocarbonyl (C=S) groups is 1. The van der Waals surface area contributed by atoms with Gasteiger partial charge in [-0.2, -0.15) is 0 Å². The van der Waals surface area contributed by atoms with Gasteiger partial charge in [-0.25, -0.2) is 0 Å². The molecule has 8 heteroatoms. The number of halogens is 2. The molecule has 0 radical (unpaired) electrons. The van der Waals surface area contributed by atoms with E-state index in [-0.39, 0.29) is 5.91 Å². The van der Waals surface area contributed by atoms with Crippen molar-refractivity contribution in [2.45, 2.75) is 6.42 Å². The van der Waals surface area contributed by atoms with Crippen LogP contribution in [0.5, 0.6) is 0 Å². The van der Waals surface area contributed by atoms with Gasteiger partial charge in [-0.1, -0.05) is 47.2 Å². The fourth-order valence-electron chi connectivity index (χ4n) is 2.45. The molecule has 1 saturated heterocycles. The van der Waals surface area contributed by atoms with Crippen LogP contribution in [0.15, 0.2) is 39.7 Å². The second-order valence-electron chi connectivity index (χ2n) is 5.51. The summed E-state index contributed by atoms with van der Waals surface area (Å²) in [4.78, 5) is 14.6. The third kappa shape index (κ3) is 4.32. The molecule has 2 heterocycles. The highest BCUT2D eigenvalue weighted by atomic mass is 35.5. The van der Waals surface area contributed by atoms with Gasteiger partial charge in [0.25, 0.3) is 5.91 Å². The molecule has 1 aromatic carbocycles. The molecule has 1 fully saturated rings. The highest BCUT2D eigenvalue weighted by Gasteiger charge is 2.31. The Kier molecular flexibility index (Phi) is 6.42. The first kappa shape index (κ1) is 19.5. The summed E-state index contributed by atoms with van der Waals surface area (Å²) in [6, 6.07) is 8.74. The molecule has 0 atom stereocenters. The van der Waals surface area contributed by atoms with Gasteiger partial charge in [0.1, 0.15) is 15.8 Å². The lowest BCUT2D eigenvalue weighted by atomic mass is 10.2. The maximum absolute atomic E-state index is 12.5. The molecule has 1 aromatic heterocycles. The predicted octanol–water partition coefficient (Wildman–Crippen LogP) is 5.49. The van der Waals surface area contributed by atoms with Crippen LogP contribution in [0.1, 0.15) is 12.2 Å². The number of hydrogen-bond donors (Lipinski definition) is 0. The van der Waals surface area contributed by atoms with Gasteiger partial charge < -0.3 is 9.15 Å².